The third-order valence-corrected chi connectivity index (χ3v) is 3.72. The summed E-state index contributed by atoms with van der Waals surface area (Å²) < 4.78 is 43.6. The van der Waals surface area contributed by atoms with Crippen molar-refractivity contribution in [3.05, 3.63) is 29.6 Å². The summed E-state index contributed by atoms with van der Waals surface area (Å²) >= 11 is 1.16. The van der Waals surface area contributed by atoms with E-state index < -0.39 is 40.3 Å². The molecule has 1 aromatic carbocycles. The molecule has 0 aliphatic carbocycles. The fourth-order valence-corrected chi connectivity index (χ4v) is 2.20. The lowest BCUT2D eigenvalue weighted by atomic mass is 10.2. The van der Waals surface area contributed by atoms with Crippen LogP contribution in [0.2, 0.25) is 0 Å². The van der Waals surface area contributed by atoms with Crippen LogP contribution in [0.15, 0.2) is 12.1 Å². The van der Waals surface area contributed by atoms with Crippen LogP contribution in [0, 0.1) is 17.5 Å². The first-order valence-corrected chi connectivity index (χ1v) is 7.04. The van der Waals surface area contributed by atoms with E-state index in [0.29, 0.717) is 5.75 Å². The maximum absolute atomic E-state index is 13.4. The molecule has 116 valence electrons. The zero-order valence-electron chi connectivity index (χ0n) is 11.4. The summed E-state index contributed by atoms with van der Waals surface area (Å²) in [6, 6.07) is 1.67. The van der Waals surface area contributed by atoms with Crippen molar-refractivity contribution >= 4 is 29.3 Å². The Kier molecular flexibility index (Phi) is 6.54. The summed E-state index contributed by atoms with van der Waals surface area (Å²) in [5.41, 5.74) is -0.431. The SMILES string of the molecule is COC(=O)CCS[C@@H](C)C(=O)Nc1ccc(F)c(F)c1F. The molecular weight excluding hydrogens is 307 g/mol. The Balaban J connectivity index is 2.57. The molecule has 0 saturated carbocycles. The fraction of sp³-hybridized carbons (Fsp3) is 0.385. The third kappa shape index (κ3) is 4.96. The van der Waals surface area contributed by atoms with Crippen LogP contribution >= 0.6 is 11.8 Å². The van der Waals surface area contributed by atoms with Crippen molar-refractivity contribution in [3.63, 3.8) is 0 Å². The van der Waals surface area contributed by atoms with Crippen molar-refractivity contribution in [3.8, 4) is 0 Å². The molecule has 1 rings (SSSR count). The molecule has 0 spiro atoms. The number of carbonyl (C=O) groups excluding carboxylic acids is 2. The van der Waals surface area contributed by atoms with Crippen molar-refractivity contribution < 1.29 is 27.5 Å². The number of thioether (sulfide) groups is 1. The van der Waals surface area contributed by atoms with E-state index in [1.807, 2.05) is 0 Å². The number of halogens is 3. The Morgan fingerprint density at radius 3 is 2.57 bits per heavy atom. The van der Waals surface area contributed by atoms with E-state index >= 15 is 0 Å². The van der Waals surface area contributed by atoms with Crippen molar-refractivity contribution in [2.75, 3.05) is 18.2 Å². The highest BCUT2D eigenvalue weighted by molar-refractivity contribution is 8.00. The van der Waals surface area contributed by atoms with E-state index in [4.69, 9.17) is 0 Å². The maximum Gasteiger partial charge on any atom is 0.306 e. The number of nitrogens with one attached hydrogen (secondary N) is 1. The monoisotopic (exact) mass is 321 g/mol. The van der Waals surface area contributed by atoms with Crippen LogP contribution in [-0.2, 0) is 14.3 Å². The Labute approximate surface area is 124 Å². The van der Waals surface area contributed by atoms with Crippen LogP contribution in [0.3, 0.4) is 0 Å². The second kappa shape index (κ2) is 7.92. The quantitative estimate of drug-likeness (QED) is 0.646. The number of anilines is 1. The van der Waals surface area contributed by atoms with E-state index in [2.05, 4.69) is 10.1 Å². The summed E-state index contributed by atoms with van der Waals surface area (Å²) in [5.74, 6) is -5.04. The number of rotatable bonds is 6. The molecule has 1 N–H and O–H groups in total. The van der Waals surface area contributed by atoms with E-state index in [1.165, 1.54) is 7.11 Å². The molecule has 21 heavy (non-hydrogen) atoms. The average Bonchev–Trinajstić information content (AvgIpc) is 2.47. The maximum atomic E-state index is 13.4. The van der Waals surface area contributed by atoms with Gasteiger partial charge in [-0.2, -0.15) is 0 Å². The minimum absolute atomic E-state index is 0.137. The van der Waals surface area contributed by atoms with Gasteiger partial charge in [0.1, 0.15) is 0 Å². The van der Waals surface area contributed by atoms with Gasteiger partial charge in [-0.1, -0.05) is 0 Å². The average molecular weight is 321 g/mol. The highest BCUT2D eigenvalue weighted by Crippen LogP contribution is 2.21. The number of amides is 1. The summed E-state index contributed by atoms with van der Waals surface area (Å²) in [6.07, 6.45) is 0.137. The van der Waals surface area contributed by atoms with Crippen LogP contribution in [0.5, 0.6) is 0 Å². The Hall–Kier alpha value is -1.70. The smallest absolute Gasteiger partial charge is 0.306 e. The minimum atomic E-state index is -1.64. The van der Waals surface area contributed by atoms with Gasteiger partial charge in [0.25, 0.3) is 0 Å². The topological polar surface area (TPSA) is 55.4 Å². The molecule has 1 atom stereocenters. The second-order valence-corrected chi connectivity index (χ2v) is 5.50. The Morgan fingerprint density at radius 1 is 1.29 bits per heavy atom. The molecule has 0 saturated heterocycles. The normalized spacial score (nSPS) is 11.9. The number of carbonyl (C=O) groups is 2. The van der Waals surface area contributed by atoms with Crippen LogP contribution in [0.25, 0.3) is 0 Å². The number of hydrogen-bond donors (Lipinski definition) is 1. The predicted molar refractivity (Wildman–Crippen MR) is 73.5 cm³/mol. The van der Waals surface area contributed by atoms with Gasteiger partial charge in [-0.25, -0.2) is 13.2 Å². The first kappa shape index (κ1) is 17.4. The van der Waals surface area contributed by atoms with Crippen LogP contribution in [0.1, 0.15) is 13.3 Å². The van der Waals surface area contributed by atoms with Crippen molar-refractivity contribution in [1.29, 1.82) is 0 Å². The van der Waals surface area contributed by atoms with Gasteiger partial charge in [-0.3, -0.25) is 9.59 Å². The van der Waals surface area contributed by atoms with Crippen LogP contribution in [-0.4, -0.2) is 30.0 Å². The summed E-state index contributed by atoms with van der Waals surface area (Å²) in [4.78, 5) is 22.7. The van der Waals surface area contributed by atoms with Gasteiger partial charge in [-0.15, -0.1) is 11.8 Å². The molecule has 4 nitrogen and oxygen atoms in total. The number of ether oxygens (including phenoxy) is 1. The minimum Gasteiger partial charge on any atom is -0.469 e. The Morgan fingerprint density at radius 2 is 1.95 bits per heavy atom. The summed E-state index contributed by atoms with van der Waals surface area (Å²) in [5, 5.41) is 1.58. The van der Waals surface area contributed by atoms with Crippen LogP contribution < -0.4 is 5.32 Å². The second-order valence-electron chi connectivity index (χ2n) is 4.05. The summed E-state index contributed by atoms with van der Waals surface area (Å²) in [7, 11) is 1.26. The van der Waals surface area contributed by atoms with Gasteiger partial charge >= 0.3 is 5.97 Å². The molecule has 0 radical (unpaired) electrons. The van der Waals surface area contributed by atoms with Crippen molar-refractivity contribution in [1.82, 2.24) is 0 Å². The van der Waals surface area contributed by atoms with E-state index in [-0.39, 0.29) is 6.42 Å². The van der Waals surface area contributed by atoms with Crippen molar-refractivity contribution in [2.24, 2.45) is 0 Å². The van der Waals surface area contributed by atoms with E-state index in [1.54, 1.807) is 6.92 Å². The first-order valence-electron chi connectivity index (χ1n) is 5.99. The third-order valence-electron chi connectivity index (χ3n) is 2.56. The van der Waals surface area contributed by atoms with Gasteiger partial charge in [0.2, 0.25) is 5.91 Å². The molecule has 0 fully saturated rings. The number of hydrogen-bond acceptors (Lipinski definition) is 4. The summed E-state index contributed by atoms with van der Waals surface area (Å²) in [6.45, 7) is 1.55. The first-order chi connectivity index (χ1) is 9.86. The number of esters is 1. The van der Waals surface area contributed by atoms with Crippen molar-refractivity contribution in [2.45, 2.75) is 18.6 Å². The lowest BCUT2D eigenvalue weighted by Gasteiger charge is -2.12. The number of methoxy groups -OCH3 is 1. The van der Waals surface area contributed by atoms with Gasteiger partial charge in [0.15, 0.2) is 17.5 Å². The van der Waals surface area contributed by atoms with Gasteiger partial charge in [0, 0.05) is 5.75 Å². The largest absolute Gasteiger partial charge is 0.469 e. The standard InChI is InChI=1S/C13H14F3NO3S/c1-7(21-6-5-10(18)20-2)13(19)17-9-4-3-8(14)11(15)12(9)16/h3-4,7H,5-6H2,1-2H3,(H,17,19)/t7-/m0/s1. The fourth-order valence-electron chi connectivity index (χ4n) is 1.35. The highest BCUT2D eigenvalue weighted by atomic mass is 32.2. The van der Waals surface area contributed by atoms with Gasteiger partial charge in [-0.05, 0) is 19.1 Å². The van der Waals surface area contributed by atoms with Gasteiger partial charge in [0.05, 0.1) is 24.5 Å². The zero-order chi connectivity index (χ0) is 16.0. The van der Waals surface area contributed by atoms with Crippen LogP contribution in [0.4, 0.5) is 18.9 Å². The molecule has 8 heteroatoms. The van der Waals surface area contributed by atoms with Gasteiger partial charge < -0.3 is 10.1 Å². The van der Waals surface area contributed by atoms with E-state index in [9.17, 15) is 22.8 Å². The lowest BCUT2D eigenvalue weighted by Crippen LogP contribution is -2.24. The zero-order valence-corrected chi connectivity index (χ0v) is 12.2. The molecule has 0 bridgehead atoms. The number of benzene rings is 1. The van der Waals surface area contributed by atoms with E-state index in [0.717, 1.165) is 23.9 Å². The predicted octanol–water partition coefficient (Wildman–Crippen LogP) is 2.73. The molecular formula is C13H14F3NO3S. The molecule has 1 amide bonds. The molecule has 0 unspecified atom stereocenters. The molecule has 1 aromatic rings. The highest BCUT2D eigenvalue weighted by Gasteiger charge is 2.19. The molecule has 0 aliphatic rings. The molecule has 0 heterocycles. The lowest BCUT2D eigenvalue weighted by molar-refractivity contribution is -0.140. The molecule has 0 aromatic heterocycles. The Bertz CT molecular complexity index is 540. The molecule has 0 aliphatic heterocycles.